The zero-order chi connectivity index (χ0) is 20.3. The number of aromatic nitrogens is 1. The van der Waals surface area contributed by atoms with Gasteiger partial charge in [-0.1, -0.05) is 0 Å². The lowest BCUT2D eigenvalue weighted by molar-refractivity contribution is -0.160. The minimum Gasteiger partial charge on any atom is -0.375 e. The van der Waals surface area contributed by atoms with Gasteiger partial charge in [0.2, 0.25) is 0 Å². The molecule has 28 heavy (non-hydrogen) atoms. The van der Waals surface area contributed by atoms with Gasteiger partial charge in [-0.3, -0.25) is 4.79 Å². The Morgan fingerprint density at radius 2 is 2.00 bits per heavy atom. The van der Waals surface area contributed by atoms with E-state index in [2.05, 4.69) is 0 Å². The van der Waals surface area contributed by atoms with Crippen molar-refractivity contribution < 1.29 is 27.4 Å². The van der Waals surface area contributed by atoms with Crippen molar-refractivity contribution >= 4 is 16.8 Å². The lowest BCUT2D eigenvalue weighted by atomic mass is 9.93. The van der Waals surface area contributed by atoms with Crippen molar-refractivity contribution in [3.8, 4) is 0 Å². The second-order valence-corrected chi connectivity index (χ2v) is 7.80. The first-order valence-corrected chi connectivity index (χ1v) is 9.36. The van der Waals surface area contributed by atoms with Gasteiger partial charge in [-0.15, -0.1) is 0 Å². The van der Waals surface area contributed by atoms with E-state index in [-0.39, 0.29) is 18.1 Å². The number of fused-ring (bicyclic) bond motifs is 1. The van der Waals surface area contributed by atoms with Gasteiger partial charge in [-0.05, 0) is 38.1 Å². The number of nitrogens with zero attached hydrogens (tertiary/aromatic N) is 2. The Bertz CT molecular complexity index is 923. The molecule has 8 heteroatoms. The summed E-state index contributed by atoms with van der Waals surface area (Å²) < 4.78 is 52.5. The Hall–Kier alpha value is -2.06. The SMILES string of the molecule is CC1CN(C(=O)c2cc3cc(C(F)(F)F)ccc3n2C)CC2(CCOC2C)O1. The number of hydrogen-bond donors (Lipinski definition) is 0. The number of hydrogen-bond acceptors (Lipinski definition) is 3. The van der Waals surface area contributed by atoms with Gasteiger partial charge in [-0.2, -0.15) is 13.2 Å². The maximum atomic E-state index is 13.3. The van der Waals surface area contributed by atoms with E-state index in [0.717, 1.165) is 12.1 Å². The monoisotopic (exact) mass is 396 g/mol. The van der Waals surface area contributed by atoms with Gasteiger partial charge < -0.3 is 18.9 Å². The van der Waals surface area contributed by atoms with Crippen LogP contribution in [-0.2, 0) is 22.7 Å². The number of ether oxygens (including phenoxy) is 2. The van der Waals surface area contributed by atoms with Gasteiger partial charge in [0.15, 0.2) is 0 Å². The molecule has 2 aliphatic rings. The molecule has 0 bridgehead atoms. The van der Waals surface area contributed by atoms with Crippen molar-refractivity contribution in [3.05, 3.63) is 35.5 Å². The molecule has 3 heterocycles. The number of aryl methyl sites for hydroxylation is 1. The maximum Gasteiger partial charge on any atom is 0.416 e. The van der Waals surface area contributed by atoms with E-state index in [9.17, 15) is 18.0 Å². The molecular formula is C20H23F3N2O3. The minimum absolute atomic E-state index is 0.118. The second kappa shape index (κ2) is 6.49. The van der Waals surface area contributed by atoms with E-state index in [1.165, 1.54) is 12.1 Å². The van der Waals surface area contributed by atoms with Crippen LogP contribution in [0, 0.1) is 0 Å². The van der Waals surface area contributed by atoms with E-state index < -0.39 is 17.3 Å². The van der Waals surface area contributed by atoms with Crippen LogP contribution in [0.2, 0.25) is 0 Å². The highest BCUT2D eigenvalue weighted by Gasteiger charge is 2.49. The summed E-state index contributed by atoms with van der Waals surface area (Å²) in [5, 5.41) is 0.397. The summed E-state index contributed by atoms with van der Waals surface area (Å²) in [6, 6.07) is 5.07. The van der Waals surface area contributed by atoms with Crippen LogP contribution in [0.15, 0.2) is 24.3 Å². The fourth-order valence-corrected chi connectivity index (χ4v) is 4.35. The van der Waals surface area contributed by atoms with Crippen LogP contribution in [0.1, 0.15) is 36.3 Å². The fourth-order valence-electron chi connectivity index (χ4n) is 4.35. The molecule has 4 rings (SSSR count). The summed E-state index contributed by atoms with van der Waals surface area (Å²) >= 11 is 0. The van der Waals surface area contributed by atoms with Gasteiger partial charge in [-0.25, -0.2) is 0 Å². The molecule has 5 nitrogen and oxygen atoms in total. The van der Waals surface area contributed by atoms with Crippen molar-refractivity contribution in [2.45, 2.75) is 44.3 Å². The molecule has 0 saturated carbocycles. The molecular weight excluding hydrogens is 373 g/mol. The maximum absolute atomic E-state index is 13.3. The smallest absolute Gasteiger partial charge is 0.375 e. The lowest BCUT2D eigenvalue weighted by Gasteiger charge is -2.45. The van der Waals surface area contributed by atoms with Crippen molar-refractivity contribution in [1.29, 1.82) is 0 Å². The van der Waals surface area contributed by atoms with E-state index in [1.54, 1.807) is 16.5 Å². The van der Waals surface area contributed by atoms with Gasteiger partial charge in [0.05, 0.1) is 24.3 Å². The van der Waals surface area contributed by atoms with E-state index in [1.807, 2.05) is 13.8 Å². The summed E-state index contributed by atoms with van der Waals surface area (Å²) in [5.74, 6) is -0.208. The quantitative estimate of drug-likeness (QED) is 0.740. The van der Waals surface area contributed by atoms with Crippen LogP contribution in [-0.4, -0.2) is 52.9 Å². The molecule has 2 fully saturated rings. The van der Waals surface area contributed by atoms with Crippen LogP contribution in [0.3, 0.4) is 0 Å². The summed E-state index contributed by atoms with van der Waals surface area (Å²) in [6.07, 6.45) is -3.97. The number of amides is 1. The molecule has 2 saturated heterocycles. The molecule has 1 amide bonds. The molecule has 1 aromatic carbocycles. The third-order valence-corrected chi connectivity index (χ3v) is 5.88. The molecule has 0 radical (unpaired) electrons. The predicted octanol–water partition coefficient (Wildman–Crippen LogP) is 3.61. The van der Waals surface area contributed by atoms with Crippen LogP contribution in [0.4, 0.5) is 13.2 Å². The highest BCUT2D eigenvalue weighted by molar-refractivity contribution is 5.99. The zero-order valence-corrected chi connectivity index (χ0v) is 16.0. The second-order valence-electron chi connectivity index (χ2n) is 7.80. The minimum atomic E-state index is -4.42. The number of carbonyl (C=O) groups is 1. The first-order valence-electron chi connectivity index (χ1n) is 9.36. The molecule has 3 unspecified atom stereocenters. The highest BCUT2D eigenvalue weighted by atomic mass is 19.4. The van der Waals surface area contributed by atoms with Crippen LogP contribution in [0.25, 0.3) is 10.9 Å². The first kappa shape index (κ1) is 19.3. The van der Waals surface area contributed by atoms with E-state index in [4.69, 9.17) is 9.47 Å². The average Bonchev–Trinajstić information content (AvgIpc) is 3.13. The summed E-state index contributed by atoms with van der Waals surface area (Å²) in [5.41, 5.74) is -0.294. The topological polar surface area (TPSA) is 43.7 Å². The summed E-state index contributed by atoms with van der Waals surface area (Å²) in [4.78, 5) is 15.0. The molecule has 152 valence electrons. The summed E-state index contributed by atoms with van der Waals surface area (Å²) in [6.45, 7) is 5.30. The lowest BCUT2D eigenvalue weighted by Crippen LogP contribution is -2.59. The van der Waals surface area contributed by atoms with Gasteiger partial charge >= 0.3 is 6.18 Å². The van der Waals surface area contributed by atoms with Gasteiger partial charge in [0.25, 0.3) is 5.91 Å². The fraction of sp³-hybridized carbons (Fsp3) is 0.550. The van der Waals surface area contributed by atoms with Crippen molar-refractivity contribution in [1.82, 2.24) is 9.47 Å². The third kappa shape index (κ3) is 3.08. The van der Waals surface area contributed by atoms with Crippen molar-refractivity contribution in [2.75, 3.05) is 19.7 Å². The third-order valence-electron chi connectivity index (χ3n) is 5.88. The number of benzene rings is 1. The molecule has 0 aliphatic carbocycles. The summed E-state index contributed by atoms with van der Waals surface area (Å²) in [7, 11) is 1.70. The van der Waals surface area contributed by atoms with Crippen molar-refractivity contribution in [2.24, 2.45) is 7.05 Å². The largest absolute Gasteiger partial charge is 0.416 e. The Labute approximate surface area is 161 Å². The normalized spacial score (nSPS) is 28.4. The highest BCUT2D eigenvalue weighted by Crippen LogP contribution is 2.36. The Morgan fingerprint density at radius 1 is 1.25 bits per heavy atom. The molecule has 1 aromatic heterocycles. The van der Waals surface area contributed by atoms with E-state index >= 15 is 0 Å². The number of halogens is 3. The van der Waals surface area contributed by atoms with Crippen LogP contribution in [0.5, 0.6) is 0 Å². The molecule has 2 aliphatic heterocycles. The first-order chi connectivity index (χ1) is 13.1. The number of carbonyl (C=O) groups excluding carboxylic acids is 1. The number of rotatable bonds is 1. The molecule has 1 spiro atoms. The molecule has 2 aromatic rings. The Kier molecular flexibility index (Phi) is 4.46. The predicted molar refractivity (Wildman–Crippen MR) is 97.1 cm³/mol. The van der Waals surface area contributed by atoms with Crippen LogP contribution >= 0.6 is 0 Å². The Morgan fingerprint density at radius 3 is 2.64 bits per heavy atom. The Balaban J connectivity index is 1.67. The average molecular weight is 396 g/mol. The van der Waals surface area contributed by atoms with Gasteiger partial charge in [0, 0.05) is 37.5 Å². The standard InChI is InChI=1S/C20H23F3N2O3/c1-12-10-25(11-19(28-12)6-7-27-13(19)2)18(26)17-9-14-8-15(20(21,22)23)4-5-16(14)24(17)3/h4-5,8-9,12-13H,6-7,10-11H2,1-3H3. The zero-order valence-electron chi connectivity index (χ0n) is 16.0. The van der Waals surface area contributed by atoms with E-state index in [0.29, 0.717) is 42.7 Å². The number of alkyl halides is 3. The molecule has 3 atom stereocenters. The van der Waals surface area contributed by atoms with Crippen molar-refractivity contribution in [3.63, 3.8) is 0 Å². The van der Waals surface area contributed by atoms with Crippen LogP contribution < -0.4 is 0 Å². The number of morpholine rings is 1. The molecule has 0 N–H and O–H groups in total. The van der Waals surface area contributed by atoms with Gasteiger partial charge in [0.1, 0.15) is 11.3 Å².